The van der Waals surface area contributed by atoms with E-state index in [1.54, 1.807) is 0 Å². The summed E-state index contributed by atoms with van der Waals surface area (Å²) in [6.45, 7) is 6.39. The molecule has 0 spiro atoms. The fraction of sp³-hybridized carbons (Fsp3) is 0.750. The highest BCUT2D eigenvalue weighted by atomic mass is 15.3. The summed E-state index contributed by atoms with van der Waals surface area (Å²) < 4.78 is 0. The minimum atomic E-state index is 0.0556. The summed E-state index contributed by atoms with van der Waals surface area (Å²) in [5.74, 6) is 0. The van der Waals surface area contributed by atoms with Crippen LogP contribution in [0.5, 0.6) is 0 Å². The average molecular weight is 84.1 g/mol. The van der Waals surface area contributed by atoms with Gasteiger partial charge < -0.3 is 0 Å². The monoisotopic (exact) mass is 84.1 g/mol. The first-order valence-corrected chi connectivity index (χ1v) is 2.00. The van der Waals surface area contributed by atoms with Gasteiger partial charge in [0.25, 0.3) is 0 Å². The molecule has 2 heteroatoms. The number of nitrogens with zero attached hydrogens (tertiary/aromatic N) is 1. The molecule has 0 amide bonds. The predicted octanol–water partition coefficient (Wildman–Crippen LogP) is 0.00640. The van der Waals surface area contributed by atoms with Crippen LogP contribution >= 0.6 is 0 Å². The molecular weight excluding hydrogens is 76.1 g/mol. The second kappa shape index (κ2) is 0.819. The van der Waals surface area contributed by atoms with Gasteiger partial charge in [0, 0.05) is 6.54 Å². The lowest BCUT2D eigenvalue weighted by Gasteiger charge is -1.89. The Morgan fingerprint density at radius 2 is 2.50 bits per heavy atom. The van der Waals surface area contributed by atoms with Gasteiger partial charge in [-0.15, -0.1) is 0 Å². The zero-order chi connectivity index (χ0) is 4.62. The molecule has 2 nitrogen and oxygen atoms in total. The van der Waals surface area contributed by atoms with E-state index in [1.165, 1.54) is 0 Å². The van der Waals surface area contributed by atoms with Gasteiger partial charge in [-0.3, -0.25) is 10.3 Å². The number of hydrogen-bond acceptors (Lipinski definition) is 2. The summed E-state index contributed by atoms with van der Waals surface area (Å²) in [5, 5.41) is 3.03. The molecule has 1 fully saturated rings. The van der Waals surface area contributed by atoms with Gasteiger partial charge in [0.2, 0.25) is 0 Å². The minimum Gasteiger partial charge on any atom is -0.289 e. The largest absolute Gasteiger partial charge is 0.289 e. The van der Waals surface area contributed by atoms with E-state index in [2.05, 4.69) is 17.0 Å². The molecule has 0 aliphatic carbocycles. The molecule has 0 aromatic heterocycles. The van der Waals surface area contributed by atoms with Gasteiger partial charge >= 0.3 is 0 Å². The summed E-state index contributed by atoms with van der Waals surface area (Å²) in [6, 6.07) is 0. The van der Waals surface area contributed by atoms with E-state index in [-0.39, 0.29) is 5.66 Å². The third-order valence-electron chi connectivity index (χ3n) is 1.04. The summed E-state index contributed by atoms with van der Waals surface area (Å²) in [4.78, 5) is 3.77. The Kier molecular flexibility index (Phi) is 0.520. The maximum Gasteiger partial charge on any atom is 0.119 e. The van der Waals surface area contributed by atoms with E-state index in [0.717, 1.165) is 6.54 Å². The Morgan fingerprint density at radius 3 is 2.50 bits per heavy atom. The zero-order valence-electron chi connectivity index (χ0n) is 3.86. The van der Waals surface area contributed by atoms with Crippen molar-refractivity contribution < 1.29 is 0 Å². The van der Waals surface area contributed by atoms with Gasteiger partial charge in [-0.05, 0) is 13.6 Å². The van der Waals surface area contributed by atoms with Crippen LogP contribution in [0.2, 0.25) is 0 Å². The van der Waals surface area contributed by atoms with Crippen molar-refractivity contribution in [2.75, 3.05) is 6.54 Å². The fourth-order valence-corrected chi connectivity index (χ4v) is 0.240. The molecule has 1 aliphatic heterocycles. The van der Waals surface area contributed by atoms with Crippen LogP contribution < -0.4 is 5.32 Å². The molecule has 1 N–H and O–H groups in total. The molecule has 1 heterocycles. The molecule has 0 bridgehead atoms. The molecular formula is C4H8N2. The average Bonchev–Trinajstić information content (AvgIpc) is 2.22. The first-order valence-electron chi connectivity index (χ1n) is 2.00. The van der Waals surface area contributed by atoms with E-state index in [0.29, 0.717) is 0 Å². The van der Waals surface area contributed by atoms with E-state index in [9.17, 15) is 0 Å². The minimum absolute atomic E-state index is 0.0556. The molecule has 0 aromatic carbocycles. The zero-order valence-corrected chi connectivity index (χ0v) is 3.86. The number of nitrogens with one attached hydrogen (secondary N) is 1. The lowest BCUT2D eigenvalue weighted by atomic mass is 10.4. The van der Waals surface area contributed by atoms with Crippen molar-refractivity contribution in [2.24, 2.45) is 4.99 Å². The molecule has 0 unspecified atom stereocenters. The number of aliphatic imine (C=N–C) groups is 1. The van der Waals surface area contributed by atoms with Crippen LogP contribution in [0, 0.1) is 0 Å². The van der Waals surface area contributed by atoms with Crippen LogP contribution in [-0.4, -0.2) is 18.9 Å². The quantitative estimate of drug-likeness (QED) is 0.352. The third kappa shape index (κ3) is 0.431. The van der Waals surface area contributed by atoms with Crippen LogP contribution in [-0.2, 0) is 0 Å². The SMILES string of the molecule is C=N[C@]1(C)CN1. The Balaban J connectivity index is 2.47. The highest BCUT2D eigenvalue weighted by Crippen LogP contribution is 2.14. The maximum absolute atomic E-state index is 3.77. The van der Waals surface area contributed by atoms with Crippen LogP contribution in [0.3, 0.4) is 0 Å². The third-order valence-corrected chi connectivity index (χ3v) is 1.04. The van der Waals surface area contributed by atoms with Crippen molar-refractivity contribution in [1.82, 2.24) is 5.32 Å². The summed E-state index contributed by atoms with van der Waals surface area (Å²) in [6.07, 6.45) is 0. The van der Waals surface area contributed by atoms with E-state index in [4.69, 9.17) is 0 Å². The van der Waals surface area contributed by atoms with Gasteiger partial charge in [0.1, 0.15) is 5.66 Å². The van der Waals surface area contributed by atoms with Crippen molar-refractivity contribution in [3.05, 3.63) is 0 Å². The topological polar surface area (TPSA) is 34.3 Å². The lowest BCUT2D eigenvalue weighted by molar-refractivity contribution is 0.751. The smallest absolute Gasteiger partial charge is 0.119 e. The van der Waals surface area contributed by atoms with E-state index in [1.807, 2.05) is 6.92 Å². The van der Waals surface area contributed by atoms with Gasteiger partial charge in [0.15, 0.2) is 0 Å². The van der Waals surface area contributed by atoms with Gasteiger partial charge in [-0.2, -0.15) is 0 Å². The maximum atomic E-state index is 3.77. The molecule has 0 radical (unpaired) electrons. The first kappa shape index (κ1) is 3.81. The highest BCUT2D eigenvalue weighted by molar-refractivity contribution is 5.27. The highest BCUT2D eigenvalue weighted by Gasteiger charge is 2.34. The Hall–Kier alpha value is -0.370. The van der Waals surface area contributed by atoms with Crippen molar-refractivity contribution in [1.29, 1.82) is 0 Å². The second-order valence-corrected chi connectivity index (χ2v) is 1.79. The van der Waals surface area contributed by atoms with Crippen molar-refractivity contribution in [2.45, 2.75) is 12.6 Å². The molecule has 1 saturated heterocycles. The Morgan fingerprint density at radius 1 is 2.00 bits per heavy atom. The predicted molar refractivity (Wildman–Crippen MR) is 26.0 cm³/mol. The molecule has 34 valence electrons. The first-order chi connectivity index (χ1) is 2.77. The van der Waals surface area contributed by atoms with E-state index >= 15 is 0 Å². The van der Waals surface area contributed by atoms with Crippen LogP contribution in [0.4, 0.5) is 0 Å². The normalized spacial score (nSPS) is 42.2. The summed E-state index contributed by atoms with van der Waals surface area (Å²) in [5.41, 5.74) is 0.0556. The summed E-state index contributed by atoms with van der Waals surface area (Å²) in [7, 11) is 0. The molecule has 1 atom stereocenters. The van der Waals surface area contributed by atoms with Crippen LogP contribution in [0.15, 0.2) is 4.99 Å². The Bertz CT molecular complexity index is 73.6. The van der Waals surface area contributed by atoms with Crippen molar-refractivity contribution in [3.8, 4) is 0 Å². The fourth-order valence-electron chi connectivity index (χ4n) is 0.240. The standard InChI is InChI=1S/C4H8N2/c1-4(5-2)3-6-4/h6H,2-3H2,1H3/t4-/m0/s1. The molecule has 0 saturated carbocycles. The van der Waals surface area contributed by atoms with Gasteiger partial charge in [0.05, 0.1) is 0 Å². The van der Waals surface area contributed by atoms with Gasteiger partial charge in [-0.25, -0.2) is 0 Å². The lowest BCUT2D eigenvalue weighted by Crippen LogP contribution is -2.01. The molecule has 0 aromatic rings. The van der Waals surface area contributed by atoms with Crippen molar-refractivity contribution in [3.63, 3.8) is 0 Å². The Labute approximate surface area is 37.3 Å². The van der Waals surface area contributed by atoms with E-state index < -0.39 is 0 Å². The molecule has 1 rings (SSSR count). The molecule has 6 heavy (non-hydrogen) atoms. The second-order valence-electron chi connectivity index (χ2n) is 1.79. The van der Waals surface area contributed by atoms with Crippen LogP contribution in [0.25, 0.3) is 0 Å². The molecule has 1 aliphatic rings. The summed E-state index contributed by atoms with van der Waals surface area (Å²) >= 11 is 0. The van der Waals surface area contributed by atoms with Crippen LogP contribution in [0.1, 0.15) is 6.92 Å². The van der Waals surface area contributed by atoms with Gasteiger partial charge in [-0.1, -0.05) is 0 Å². The van der Waals surface area contributed by atoms with Crippen molar-refractivity contribution >= 4 is 6.72 Å². The number of rotatable bonds is 1. The number of hydrogen-bond donors (Lipinski definition) is 1.